The van der Waals surface area contributed by atoms with Gasteiger partial charge in [0.15, 0.2) is 5.15 Å². The highest BCUT2D eigenvalue weighted by atomic mass is 35.5. The van der Waals surface area contributed by atoms with Gasteiger partial charge in [0.2, 0.25) is 5.91 Å². The van der Waals surface area contributed by atoms with Crippen molar-refractivity contribution in [1.29, 1.82) is 5.26 Å². The van der Waals surface area contributed by atoms with Gasteiger partial charge in [0, 0.05) is 13.2 Å². The van der Waals surface area contributed by atoms with Crippen LogP contribution in [0.15, 0.2) is 30.7 Å². The fourth-order valence-electron chi connectivity index (χ4n) is 1.65. The standard InChI is InChI=1S/C13H12ClN5O/c1-9(6-15)13(20)18(2)11-8-19(17-12(11)14)10-4-3-5-16-7-10/h3-5,7-9H,1-2H3. The number of anilines is 1. The van der Waals surface area contributed by atoms with Crippen molar-refractivity contribution >= 4 is 23.2 Å². The average molecular weight is 290 g/mol. The summed E-state index contributed by atoms with van der Waals surface area (Å²) in [5.41, 5.74) is 1.18. The molecule has 0 aromatic carbocycles. The highest BCUT2D eigenvalue weighted by molar-refractivity contribution is 6.32. The van der Waals surface area contributed by atoms with E-state index in [4.69, 9.17) is 16.9 Å². The third kappa shape index (κ3) is 2.63. The van der Waals surface area contributed by atoms with Crippen LogP contribution in [0.5, 0.6) is 0 Å². The number of hydrogen-bond acceptors (Lipinski definition) is 4. The van der Waals surface area contributed by atoms with Crippen LogP contribution in [-0.2, 0) is 4.79 Å². The molecule has 102 valence electrons. The van der Waals surface area contributed by atoms with Crippen LogP contribution in [-0.4, -0.2) is 27.7 Å². The Morgan fingerprint density at radius 3 is 2.95 bits per heavy atom. The number of carbonyl (C=O) groups is 1. The van der Waals surface area contributed by atoms with E-state index >= 15 is 0 Å². The topological polar surface area (TPSA) is 74.8 Å². The van der Waals surface area contributed by atoms with Gasteiger partial charge in [0.25, 0.3) is 0 Å². The smallest absolute Gasteiger partial charge is 0.243 e. The predicted molar refractivity (Wildman–Crippen MR) is 74.6 cm³/mol. The SMILES string of the molecule is CC(C#N)C(=O)N(C)c1cn(-c2cccnc2)nc1Cl. The van der Waals surface area contributed by atoms with Crippen LogP contribution in [0.3, 0.4) is 0 Å². The van der Waals surface area contributed by atoms with E-state index in [9.17, 15) is 4.79 Å². The van der Waals surface area contributed by atoms with Gasteiger partial charge in [-0.05, 0) is 19.1 Å². The fraction of sp³-hybridized carbons (Fsp3) is 0.231. The van der Waals surface area contributed by atoms with E-state index in [-0.39, 0.29) is 11.1 Å². The highest BCUT2D eigenvalue weighted by Crippen LogP contribution is 2.25. The largest absolute Gasteiger partial charge is 0.310 e. The number of nitrogens with zero attached hydrogens (tertiary/aromatic N) is 5. The van der Waals surface area contributed by atoms with Crippen molar-refractivity contribution in [3.63, 3.8) is 0 Å². The average Bonchev–Trinajstić information content (AvgIpc) is 2.87. The molecule has 7 heteroatoms. The monoisotopic (exact) mass is 289 g/mol. The Morgan fingerprint density at radius 1 is 1.60 bits per heavy atom. The lowest BCUT2D eigenvalue weighted by atomic mass is 10.2. The minimum atomic E-state index is -0.738. The summed E-state index contributed by atoms with van der Waals surface area (Å²) in [7, 11) is 1.56. The Kier molecular flexibility index (Phi) is 4.01. The Labute approximate surface area is 121 Å². The molecule has 2 heterocycles. The fourth-order valence-corrected chi connectivity index (χ4v) is 1.91. The van der Waals surface area contributed by atoms with Gasteiger partial charge < -0.3 is 4.90 Å². The van der Waals surface area contributed by atoms with Crippen molar-refractivity contribution in [2.24, 2.45) is 5.92 Å². The summed E-state index contributed by atoms with van der Waals surface area (Å²) in [4.78, 5) is 17.3. The minimum Gasteiger partial charge on any atom is -0.310 e. The van der Waals surface area contributed by atoms with Crippen molar-refractivity contribution < 1.29 is 4.79 Å². The maximum absolute atomic E-state index is 12.0. The Balaban J connectivity index is 2.33. The van der Waals surface area contributed by atoms with Crippen LogP contribution >= 0.6 is 11.6 Å². The lowest BCUT2D eigenvalue weighted by molar-refractivity contribution is -0.120. The first-order valence-electron chi connectivity index (χ1n) is 5.87. The quantitative estimate of drug-likeness (QED) is 0.866. The number of carbonyl (C=O) groups excluding carboxylic acids is 1. The summed E-state index contributed by atoms with van der Waals surface area (Å²) in [6.45, 7) is 1.54. The van der Waals surface area contributed by atoms with Gasteiger partial charge in [-0.25, -0.2) is 4.68 Å². The molecular weight excluding hydrogens is 278 g/mol. The number of nitriles is 1. The zero-order valence-electron chi connectivity index (χ0n) is 11.0. The third-order valence-corrected chi connectivity index (χ3v) is 3.09. The normalized spacial score (nSPS) is 11.7. The van der Waals surface area contributed by atoms with E-state index in [0.717, 1.165) is 5.69 Å². The Bertz CT molecular complexity index is 661. The van der Waals surface area contributed by atoms with Gasteiger partial charge in [-0.3, -0.25) is 9.78 Å². The highest BCUT2D eigenvalue weighted by Gasteiger charge is 2.22. The summed E-state index contributed by atoms with van der Waals surface area (Å²) in [5, 5.41) is 13.1. The van der Waals surface area contributed by atoms with Crippen LogP contribution < -0.4 is 4.90 Å². The zero-order valence-corrected chi connectivity index (χ0v) is 11.7. The van der Waals surface area contributed by atoms with E-state index in [1.165, 1.54) is 16.5 Å². The molecule has 2 rings (SSSR count). The number of pyridine rings is 1. The van der Waals surface area contributed by atoms with Crippen molar-refractivity contribution in [3.8, 4) is 11.8 Å². The predicted octanol–water partition coefficient (Wildman–Crippen LogP) is 2.04. The maximum atomic E-state index is 12.0. The van der Waals surface area contributed by atoms with Crippen LogP contribution in [0.2, 0.25) is 5.15 Å². The molecule has 0 aliphatic rings. The second kappa shape index (κ2) is 5.72. The second-order valence-corrected chi connectivity index (χ2v) is 4.57. The molecule has 0 spiro atoms. The molecule has 0 radical (unpaired) electrons. The van der Waals surface area contributed by atoms with Gasteiger partial charge in [-0.15, -0.1) is 0 Å². The van der Waals surface area contributed by atoms with Crippen LogP contribution in [0, 0.1) is 17.2 Å². The number of halogens is 1. The first-order valence-corrected chi connectivity index (χ1v) is 6.25. The Hall–Kier alpha value is -2.39. The van der Waals surface area contributed by atoms with E-state index in [0.29, 0.717) is 5.69 Å². The summed E-state index contributed by atoms with van der Waals surface area (Å²) >= 11 is 6.05. The van der Waals surface area contributed by atoms with Crippen molar-refractivity contribution in [3.05, 3.63) is 35.9 Å². The molecule has 0 saturated carbocycles. The lowest BCUT2D eigenvalue weighted by Gasteiger charge is -2.16. The molecule has 20 heavy (non-hydrogen) atoms. The van der Waals surface area contributed by atoms with E-state index in [1.54, 1.807) is 31.7 Å². The molecule has 1 amide bonds. The number of aromatic nitrogens is 3. The Morgan fingerprint density at radius 2 is 2.35 bits per heavy atom. The van der Waals surface area contributed by atoms with E-state index in [2.05, 4.69) is 10.1 Å². The molecule has 2 aromatic rings. The number of hydrogen-bond donors (Lipinski definition) is 0. The molecule has 1 unspecified atom stereocenters. The molecule has 0 saturated heterocycles. The molecule has 0 aliphatic carbocycles. The summed E-state index contributed by atoms with van der Waals surface area (Å²) in [6, 6.07) is 5.50. The molecule has 6 nitrogen and oxygen atoms in total. The van der Waals surface area contributed by atoms with Gasteiger partial charge in [-0.2, -0.15) is 10.4 Å². The lowest BCUT2D eigenvalue weighted by Crippen LogP contribution is -2.30. The summed E-state index contributed by atoms with van der Waals surface area (Å²) < 4.78 is 1.53. The van der Waals surface area contributed by atoms with E-state index < -0.39 is 5.92 Å². The molecule has 2 aromatic heterocycles. The molecule has 0 fully saturated rings. The maximum Gasteiger partial charge on any atom is 0.243 e. The molecular formula is C13H12ClN5O. The number of amides is 1. The minimum absolute atomic E-state index is 0.190. The number of rotatable bonds is 3. The summed E-state index contributed by atoms with van der Waals surface area (Å²) in [5.74, 6) is -1.07. The van der Waals surface area contributed by atoms with Crippen molar-refractivity contribution in [2.75, 3.05) is 11.9 Å². The van der Waals surface area contributed by atoms with Crippen LogP contribution in [0.4, 0.5) is 5.69 Å². The van der Waals surface area contributed by atoms with Gasteiger partial charge in [0.1, 0.15) is 11.6 Å². The first-order chi connectivity index (χ1) is 9.54. The third-order valence-electron chi connectivity index (χ3n) is 2.82. The first kappa shape index (κ1) is 14.0. The second-order valence-electron chi connectivity index (χ2n) is 4.21. The molecule has 0 bridgehead atoms. The van der Waals surface area contributed by atoms with Crippen LogP contribution in [0.1, 0.15) is 6.92 Å². The molecule has 0 aliphatic heterocycles. The molecule has 0 N–H and O–H groups in total. The molecule has 1 atom stereocenters. The van der Waals surface area contributed by atoms with Gasteiger partial charge in [0.05, 0.1) is 24.2 Å². The zero-order chi connectivity index (χ0) is 14.7. The van der Waals surface area contributed by atoms with Crippen molar-refractivity contribution in [1.82, 2.24) is 14.8 Å². The van der Waals surface area contributed by atoms with E-state index in [1.807, 2.05) is 12.1 Å². The van der Waals surface area contributed by atoms with Gasteiger partial charge in [-0.1, -0.05) is 11.6 Å². The van der Waals surface area contributed by atoms with Crippen LogP contribution in [0.25, 0.3) is 5.69 Å². The summed E-state index contributed by atoms with van der Waals surface area (Å²) in [6.07, 6.45) is 4.91. The van der Waals surface area contributed by atoms with Gasteiger partial charge >= 0.3 is 0 Å². The van der Waals surface area contributed by atoms with Crippen molar-refractivity contribution in [2.45, 2.75) is 6.92 Å².